The lowest BCUT2D eigenvalue weighted by molar-refractivity contribution is -0.00805. The quantitative estimate of drug-likeness (QED) is 0.342. The summed E-state index contributed by atoms with van der Waals surface area (Å²) in [4.78, 5) is 9.24. The zero-order valence-electron chi connectivity index (χ0n) is 18.5. The Kier molecular flexibility index (Phi) is 10.1. The van der Waals surface area contributed by atoms with Crippen molar-refractivity contribution in [3.05, 3.63) is 53.3 Å². The lowest BCUT2D eigenvalue weighted by atomic mass is 10.1. The highest BCUT2D eigenvalue weighted by molar-refractivity contribution is 14.0. The third-order valence-corrected chi connectivity index (χ3v) is 5.52. The van der Waals surface area contributed by atoms with Gasteiger partial charge in [-0.3, -0.25) is 14.6 Å². The van der Waals surface area contributed by atoms with Crippen molar-refractivity contribution in [1.82, 2.24) is 24.9 Å². The summed E-state index contributed by atoms with van der Waals surface area (Å²) in [5.74, 6) is 0.917. The number of hydrogen-bond acceptors (Lipinski definition) is 4. The minimum Gasteiger partial charge on any atom is -0.370 e. The van der Waals surface area contributed by atoms with E-state index >= 15 is 0 Å². The topological polar surface area (TPSA) is 57.9 Å². The van der Waals surface area contributed by atoms with Gasteiger partial charge in [-0.25, -0.2) is 0 Å². The van der Waals surface area contributed by atoms with Crippen LogP contribution in [0.15, 0.2) is 41.7 Å². The van der Waals surface area contributed by atoms with Crippen molar-refractivity contribution in [1.29, 1.82) is 0 Å². The molecule has 1 saturated heterocycles. The number of ether oxygens (including phenoxy) is 1. The van der Waals surface area contributed by atoms with Crippen LogP contribution in [-0.4, -0.2) is 65.4 Å². The number of aliphatic imine (C=N–C) groups is 1. The number of aryl methyl sites for hydroxylation is 1. The van der Waals surface area contributed by atoms with E-state index in [1.54, 1.807) is 0 Å². The molecule has 1 N–H and O–H groups in total. The van der Waals surface area contributed by atoms with Gasteiger partial charge in [0.2, 0.25) is 0 Å². The Morgan fingerprint density at radius 3 is 2.63 bits per heavy atom. The number of morpholine rings is 1. The van der Waals surface area contributed by atoms with E-state index in [4.69, 9.17) is 4.74 Å². The van der Waals surface area contributed by atoms with Crippen LogP contribution in [0.1, 0.15) is 36.6 Å². The highest BCUT2D eigenvalue weighted by Crippen LogP contribution is 2.21. The average molecular weight is 526 g/mol. The molecule has 1 aliphatic heterocycles. The predicted molar refractivity (Wildman–Crippen MR) is 132 cm³/mol. The molecule has 0 spiro atoms. The van der Waals surface area contributed by atoms with Gasteiger partial charge >= 0.3 is 0 Å². The first kappa shape index (κ1) is 24.6. The highest BCUT2D eigenvalue weighted by Gasteiger charge is 2.25. The SMILES string of the molecule is CCN(CC)Cc1ccccc1CNC(=NC)N1CCOC(c2cnn(C)c2)C1.I. The van der Waals surface area contributed by atoms with Gasteiger partial charge in [-0.15, -0.1) is 24.0 Å². The van der Waals surface area contributed by atoms with Crippen LogP contribution in [0.2, 0.25) is 0 Å². The molecule has 1 unspecified atom stereocenters. The van der Waals surface area contributed by atoms with Crippen LogP contribution in [0.25, 0.3) is 0 Å². The second-order valence-electron chi connectivity index (χ2n) is 7.38. The fourth-order valence-electron chi connectivity index (χ4n) is 3.73. The molecule has 1 aromatic carbocycles. The van der Waals surface area contributed by atoms with Crippen molar-refractivity contribution in [2.24, 2.45) is 12.0 Å². The van der Waals surface area contributed by atoms with Crippen molar-refractivity contribution in [3.63, 3.8) is 0 Å². The van der Waals surface area contributed by atoms with Crippen LogP contribution >= 0.6 is 24.0 Å². The zero-order chi connectivity index (χ0) is 20.6. The number of guanidine groups is 1. The van der Waals surface area contributed by atoms with Crippen molar-refractivity contribution < 1.29 is 4.74 Å². The van der Waals surface area contributed by atoms with Crippen LogP contribution in [0.4, 0.5) is 0 Å². The van der Waals surface area contributed by atoms with Gasteiger partial charge in [0.25, 0.3) is 0 Å². The second-order valence-corrected chi connectivity index (χ2v) is 7.38. The summed E-state index contributed by atoms with van der Waals surface area (Å²) >= 11 is 0. The van der Waals surface area contributed by atoms with Gasteiger partial charge in [-0.05, 0) is 24.2 Å². The minimum absolute atomic E-state index is 0. The molecule has 8 heteroatoms. The number of rotatable bonds is 7. The Hall–Kier alpha value is -1.65. The van der Waals surface area contributed by atoms with Crippen molar-refractivity contribution in [3.8, 4) is 0 Å². The molecule has 0 radical (unpaired) electrons. The predicted octanol–water partition coefficient (Wildman–Crippen LogP) is 3.03. The summed E-state index contributed by atoms with van der Waals surface area (Å²) in [6.45, 7) is 10.6. The minimum atomic E-state index is 0. The maximum absolute atomic E-state index is 5.97. The third-order valence-electron chi connectivity index (χ3n) is 5.52. The number of benzene rings is 1. The fraction of sp³-hybridized carbons (Fsp3) is 0.545. The normalized spacial score (nSPS) is 17.2. The second kappa shape index (κ2) is 12.3. The van der Waals surface area contributed by atoms with Gasteiger partial charge in [0, 0.05) is 45.5 Å². The molecular weight excluding hydrogens is 491 g/mol. The Labute approximate surface area is 197 Å². The molecule has 0 bridgehead atoms. The van der Waals surface area contributed by atoms with E-state index in [2.05, 4.69) is 63.3 Å². The first-order chi connectivity index (χ1) is 14.1. The molecule has 7 nitrogen and oxygen atoms in total. The monoisotopic (exact) mass is 526 g/mol. The third kappa shape index (κ3) is 6.42. The Bertz CT molecular complexity index is 804. The van der Waals surface area contributed by atoms with E-state index in [-0.39, 0.29) is 30.1 Å². The highest BCUT2D eigenvalue weighted by atomic mass is 127. The molecule has 2 aromatic rings. The maximum Gasteiger partial charge on any atom is 0.194 e. The van der Waals surface area contributed by atoms with E-state index in [1.165, 1.54) is 11.1 Å². The molecule has 30 heavy (non-hydrogen) atoms. The van der Waals surface area contributed by atoms with Crippen LogP contribution < -0.4 is 5.32 Å². The van der Waals surface area contributed by atoms with Gasteiger partial charge in [0.1, 0.15) is 6.10 Å². The first-order valence-electron chi connectivity index (χ1n) is 10.5. The van der Waals surface area contributed by atoms with Crippen LogP contribution in [-0.2, 0) is 24.9 Å². The molecule has 1 atom stereocenters. The van der Waals surface area contributed by atoms with Crippen LogP contribution in [0, 0.1) is 0 Å². The molecule has 0 amide bonds. The van der Waals surface area contributed by atoms with Crippen molar-refractivity contribution >= 4 is 29.9 Å². The number of hydrogen-bond donors (Lipinski definition) is 1. The molecule has 1 aromatic heterocycles. The van der Waals surface area contributed by atoms with E-state index in [1.807, 2.05) is 31.2 Å². The van der Waals surface area contributed by atoms with Crippen molar-refractivity contribution in [2.75, 3.05) is 39.8 Å². The van der Waals surface area contributed by atoms with Crippen LogP contribution in [0.3, 0.4) is 0 Å². The average Bonchev–Trinajstić information content (AvgIpc) is 3.20. The summed E-state index contributed by atoms with van der Waals surface area (Å²) in [6.07, 6.45) is 3.92. The van der Waals surface area contributed by atoms with Crippen molar-refractivity contribution in [2.45, 2.75) is 33.0 Å². The first-order valence-corrected chi connectivity index (χ1v) is 10.5. The van der Waals surface area contributed by atoms with Gasteiger partial charge in [0.05, 0.1) is 19.3 Å². The van der Waals surface area contributed by atoms with E-state index < -0.39 is 0 Å². The maximum atomic E-state index is 5.97. The van der Waals surface area contributed by atoms with Gasteiger partial charge in [0.15, 0.2) is 5.96 Å². The summed E-state index contributed by atoms with van der Waals surface area (Å²) in [6, 6.07) is 8.67. The lowest BCUT2D eigenvalue weighted by Gasteiger charge is -2.35. The Morgan fingerprint density at radius 1 is 1.27 bits per heavy atom. The number of halogens is 1. The van der Waals surface area contributed by atoms with E-state index in [9.17, 15) is 0 Å². The largest absolute Gasteiger partial charge is 0.370 e. The van der Waals surface area contributed by atoms with Gasteiger partial charge < -0.3 is 15.0 Å². The summed E-state index contributed by atoms with van der Waals surface area (Å²) in [5.41, 5.74) is 3.80. The standard InChI is InChI=1S/C22H34N6O.HI/c1-5-27(6-2)16-19-10-8-7-9-18(19)13-24-22(23-3)28-11-12-29-21(17-28)20-14-25-26(4)15-20;/h7-10,14-15,21H,5-6,11-13,16-17H2,1-4H3,(H,23,24);1H. The molecular formula is C22H35IN6O. The smallest absolute Gasteiger partial charge is 0.194 e. The molecule has 1 aliphatic rings. The molecule has 2 heterocycles. The molecule has 0 aliphatic carbocycles. The van der Waals surface area contributed by atoms with Gasteiger partial charge in [-0.2, -0.15) is 5.10 Å². The number of nitrogens with one attached hydrogen (secondary N) is 1. The Morgan fingerprint density at radius 2 is 2.00 bits per heavy atom. The van der Waals surface area contributed by atoms with E-state index in [0.717, 1.165) is 50.8 Å². The summed E-state index contributed by atoms with van der Waals surface area (Å²) in [5, 5.41) is 7.84. The number of aromatic nitrogens is 2. The zero-order valence-corrected chi connectivity index (χ0v) is 20.9. The lowest BCUT2D eigenvalue weighted by Crippen LogP contribution is -2.48. The summed E-state index contributed by atoms with van der Waals surface area (Å²) < 4.78 is 7.79. The molecule has 166 valence electrons. The molecule has 1 fully saturated rings. The molecule has 3 rings (SSSR count). The van der Waals surface area contributed by atoms with Gasteiger partial charge in [-0.1, -0.05) is 38.1 Å². The molecule has 0 saturated carbocycles. The summed E-state index contributed by atoms with van der Waals surface area (Å²) in [7, 11) is 3.78. The van der Waals surface area contributed by atoms with Crippen LogP contribution in [0.5, 0.6) is 0 Å². The fourth-order valence-corrected chi connectivity index (χ4v) is 3.73. The Balaban J connectivity index is 0.00000320. The number of nitrogens with zero attached hydrogens (tertiary/aromatic N) is 5. The van der Waals surface area contributed by atoms with E-state index in [0.29, 0.717) is 6.61 Å².